The Kier molecular flexibility index (Phi) is 2.22. The van der Waals surface area contributed by atoms with E-state index in [0.29, 0.717) is 5.92 Å². The van der Waals surface area contributed by atoms with E-state index in [1.165, 1.54) is 0 Å². The summed E-state index contributed by atoms with van der Waals surface area (Å²) in [6.07, 6.45) is 3.90. The number of carboxylic acids is 1. The van der Waals surface area contributed by atoms with Crippen molar-refractivity contribution in [3.63, 3.8) is 0 Å². The molecule has 0 radical (unpaired) electrons. The highest BCUT2D eigenvalue weighted by atomic mass is 16.4. The summed E-state index contributed by atoms with van der Waals surface area (Å²) in [4.78, 5) is 15.1. The zero-order chi connectivity index (χ0) is 12.9. The van der Waals surface area contributed by atoms with Crippen molar-refractivity contribution >= 4 is 5.97 Å². The molecule has 0 bridgehead atoms. The van der Waals surface area contributed by atoms with Crippen LogP contribution in [0.15, 0.2) is 6.20 Å². The number of carboxylic acid groups (broad SMARTS) is 1. The lowest BCUT2D eigenvalue weighted by atomic mass is 10.3. The standard InChI is InChI=1S/C11H13N5O2/c1-6-8(5-15(2)13-6)16-10(7-3-4-7)12-9(14-16)11(17)18/h5,7H,3-4H2,1-2H3,(H,17,18). The highest BCUT2D eigenvalue weighted by Crippen LogP contribution is 2.39. The van der Waals surface area contributed by atoms with Gasteiger partial charge < -0.3 is 5.11 Å². The van der Waals surface area contributed by atoms with Gasteiger partial charge in [-0.1, -0.05) is 0 Å². The molecule has 18 heavy (non-hydrogen) atoms. The Morgan fingerprint density at radius 2 is 2.17 bits per heavy atom. The Hall–Kier alpha value is -2.18. The Bertz CT molecular complexity index is 623. The molecule has 0 aromatic carbocycles. The van der Waals surface area contributed by atoms with E-state index in [1.807, 2.05) is 20.2 Å². The number of hydrogen-bond donors (Lipinski definition) is 1. The molecule has 2 heterocycles. The Balaban J connectivity index is 2.15. The quantitative estimate of drug-likeness (QED) is 0.870. The van der Waals surface area contributed by atoms with Gasteiger partial charge in [0, 0.05) is 13.0 Å². The van der Waals surface area contributed by atoms with Crippen molar-refractivity contribution in [3.05, 3.63) is 23.5 Å². The number of rotatable bonds is 3. The molecule has 0 unspecified atom stereocenters. The van der Waals surface area contributed by atoms with Gasteiger partial charge in [0.1, 0.15) is 11.5 Å². The van der Waals surface area contributed by atoms with Gasteiger partial charge in [0.05, 0.1) is 11.9 Å². The predicted molar refractivity (Wildman–Crippen MR) is 61.8 cm³/mol. The van der Waals surface area contributed by atoms with Gasteiger partial charge in [0.25, 0.3) is 5.82 Å². The normalized spacial score (nSPS) is 15.0. The van der Waals surface area contributed by atoms with E-state index in [4.69, 9.17) is 5.11 Å². The molecule has 1 aliphatic carbocycles. The van der Waals surface area contributed by atoms with Crippen LogP contribution in [0.3, 0.4) is 0 Å². The summed E-state index contributed by atoms with van der Waals surface area (Å²) in [5, 5.41) is 17.3. The van der Waals surface area contributed by atoms with Crippen LogP contribution in [0.2, 0.25) is 0 Å². The molecule has 0 amide bonds. The molecule has 1 aliphatic rings. The largest absolute Gasteiger partial charge is 0.475 e. The van der Waals surface area contributed by atoms with Crippen molar-refractivity contribution in [1.29, 1.82) is 0 Å². The van der Waals surface area contributed by atoms with Gasteiger partial charge in [-0.2, -0.15) is 5.10 Å². The Morgan fingerprint density at radius 3 is 2.67 bits per heavy atom. The van der Waals surface area contributed by atoms with Crippen LogP contribution >= 0.6 is 0 Å². The van der Waals surface area contributed by atoms with E-state index < -0.39 is 5.97 Å². The van der Waals surface area contributed by atoms with Gasteiger partial charge >= 0.3 is 5.97 Å². The molecular weight excluding hydrogens is 234 g/mol. The van der Waals surface area contributed by atoms with E-state index in [9.17, 15) is 4.79 Å². The van der Waals surface area contributed by atoms with Gasteiger partial charge in [-0.05, 0) is 19.8 Å². The smallest absolute Gasteiger partial charge is 0.375 e. The van der Waals surface area contributed by atoms with Crippen LogP contribution in [-0.4, -0.2) is 35.6 Å². The summed E-state index contributed by atoms with van der Waals surface area (Å²) < 4.78 is 3.30. The van der Waals surface area contributed by atoms with E-state index in [2.05, 4.69) is 15.2 Å². The molecule has 0 aliphatic heterocycles. The van der Waals surface area contributed by atoms with Crippen LogP contribution in [0.4, 0.5) is 0 Å². The molecular formula is C11H13N5O2. The average molecular weight is 247 g/mol. The second-order valence-corrected chi connectivity index (χ2v) is 4.56. The fraction of sp³-hybridized carbons (Fsp3) is 0.455. The lowest BCUT2D eigenvalue weighted by Crippen LogP contribution is -2.03. The summed E-state index contributed by atoms with van der Waals surface area (Å²) in [7, 11) is 1.82. The first-order valence-electron chi connectivity index (χ1n) is 5.77. The van der Waals surface area contributed by atoms with Gasteiger partial charge in [0.15, 0.2) is 0 Å². The molecule has 1 N–H and O–H groups in total. The second kappa shape index (κ2) is 3.66. The number of aromatic carboxylic acids is 1. The van der Waals surface area contributed by atoms with Crippen LogP contribution in [-0.2, 0) is 7.05 Å². The molecule has 0 atom stereocenters. The summed E-state index contributed by atoms with van der Waals surface area (Å²) in [5.41, 5.74) is 1.60. The van der Waals surface area contributed by atoms with Crippen LogP contribution in [0.5, 0.6) is 0 Å². The van der Waals surface area contributed by atoms with Gasteiger partial charge in [-0.25, -0.2) is 14.5 Å². The lowest BCUT2D eigenvalue weighted by molar-refractivity contribution is 0.0683. The van der Waals surface area contributed by atoms with E-state index in [1.54, 1.807) is 9.36 Å². The minimum atomic E-state index is -1.10. The summed E-state index contributed by atoms with van der Waals surface area (Å²) >= 11 is 0. The van der Waals surface area contributed by atoms with E-state index >= 15 is 0 Å². The Labute approximate surface area is 103 Å². The fourth-order valence-corrected chi connectivity index (χ4v) is 1.99. The molecule has 7 heteroatoms. The zero-order valence-electron chi connectivity index (χ0n) is 10.2. The van der Waals surface area contributed by atoms with E-state index in [-0.39, 0.29) is 5.82 Å². The predicted octanol–water partition coefficient (Wildman–Crippen LogP) is 0.885. The lowest BCUT2D eigenvalue weighted by Gasteiger charge is -2.01. The molecule has 1 saturated carbocycles. The topological polar surface area (TPSA) is 85.8 Å². The monoisotopic (exact) mass is 247 g/mol. The fourth-order valence-electron chi connectivity index (χ4n) is 1.99. The summed E-state index contributed by atoms with van der Waals surface area (Å²) in [6.45, 7) is 1.87. The third-order valence-corrected chi connectivity index (χ3v) is 2.98. The van der Waals surface area contributed by atoms with Crippen LogP contribution in [0.1, 0.15) is 40.9 Å². The molecule has 0 saturated heterocycles. The van der Waals surface area contributed by atoms with Crippen molar-refractivity contribution < 1.29 is 9.90 Å². The third-order valence-electron chi connectivity index (χ3n) is 2.98. The molecule has 3 rings (SSSR count). The molecule has 94 valence electrons. The number of aryl methyl sites for hydroxylation is 2. The van der Waals surface area contributed by atoms with Gasteiger partial charge in [-0.3, -0.25) is 4.68 Å². The first-order valence-corrected chi connectivity index (χ1v) is 5.77. The van der Waals surface area contributed by atoms with Crippen molar-refractivity contribution in [1.82, 2.24) is 24.5 Å². The van der Waals surface area contributed by atoms with Crippen molar-refractivity contribution in [2.45, 2.75) is 25.7 Å². The second-order valence-electron chi connectivity index (χ2n) is 4.56. The number of aromatic nitrogens is 5. The maximum absolute atomic E-state index is 11.0. The number of carbonyl (C=O) groups is 1. The third kappa shape index (κ3) is 1.68. The molecule has 7 nitrogen and oxygen atoms in total. The summed E-state index contributed by atoms with van der Waals surface area (Å²) in [5.74, 6) is -0.203. The van der Waals surface area contributed by atoms with Gasteiger partial charge in [-0.15, -0.1) is 5.10 Å². The molecule has 2 aromatic rings. The van der Waals surface area contributed by atoms with Crippen LogP contribution in [0, 0.1) is 6.92 Å². The molecule has 2 aromatic heterocycles. The minimum absolute atomic E-state index is 0.153. The summed E-state index contributed by atoms with van der Waals surface area (Å²) in [6, 6.07) is 0. The zero-order valence-corrected chi connectivity index (χ0v) is 10.2. The van der Waals surface area contributed by atoms with Gasteiger partial charge in [0.2, 0.25) is 0 Å². The number of hydrogen-bond acceptors (Lipinski definition) is 4. The first-order chi connectivity index (χ1) is 8.56. The Morgan fingerprint density at radius 1 is 1.44 bits per heavy atom. The number of nitrogens with zero attached hydrogens (tertiary/aromatic N) is 5. The maximum atomic E-state index is 11.0. The maximum Gasteiger partial charge on any atom is 0.375 e. The SMILES string of the molecule is Cc1nn(C)cc1-n1nc(C(=O)O)nc1C1CC1. The van der Waals surface area contributed by atoms with Crippen LogP contribution in [0.25, 0.3) is 5.69 Å². The van der Waals surface area contributed by atoms with Crippen molar-refractivity contribution in [2.75, 3.05) is 0 Å². The minimum Gasteiger partial charge on any atom is -0.475 e. The highest BCUT2D eigenvalue weighted by Gasteiger charge is 2.32. The van der Waals surface area contributed by atoms with E-state index in [0.717, 1.165) is 30.0 Å². The van der Waals surface area contributed by atoms with Crippen LogP contribution < -0.4 is 0 Å². The highest BCUT2D eigenvalue weighted by molar-refractivity contribution is 5.83. The average Bonchev–Trinajstić information content (AvgIpc) is 2.95. The molecule has 0 spiro atoms. The molecule has 1 fully saturated rings. The van der Waals surface area contributed by atoms with Crippen molar-refractivity contribution in [3.8, 4) is 5.69 Å². The van der Waals surface area contributed by atoms with Crippen molar-refractivity contribution in [2.24, 2.45) is 7.05 Å². The first kappa shape index (κ1) is 10.9.